The van der Waals surface area contributed by atoms with Gasteiger partial charge in [0.2, 0.25) is 5.91 Å². The number of nitrogens with zero attached hydrogens (tertiary/aromatic N) is 2. The van der Waals surface area contributed by atoms with E-state index in [1.807, 2.05) is 11.0 Å². The Bertz CT molecular complexity index is 238. The summed E-state index contributed by atoms with van der Waals surface area (Å²) in [6.45, 7) is 5.13. The molecule has 0 aromatic heterocycles. The number of rotatable bonds is 5. The summed E-state index contributed by atoms with van der Waals surface area (Å²) < 4.78 is 0. The minimum Gasteiger partial charge on any atom is -0.339 e. The summed E-state index contributed by atoms with van der Waals surface area (Å²) in [5, 5.41) is 8.47. The van der Waals surface area contributed by atoms with E-state index in [2.05, 4.69) is 13.8 Å². The Hall–Kier alpha value is -1.04. The van der Waals surface area contributed by atoms with E-state index in [1.165, 1.54) is 0 Å². The van der Waals surface area contributed by atoms with Gasteiger partial charge in [0.15, 0.2) is 0 Å². The second-order valence-corrected chi connectivity index (χ2v) is 4.34. The Labute approximate surface area is 85.7 Å². The summed E-state index contributed by atoms with van der Waals surface area (Å²) in [4.78, 5) is 13.4. The third kappa shape index (κ3) is 3.37. The first-order valence-electron chi connectivity index (χ1n) is 5.31. The lowest BCUT2D eigenvalue weighted by atomic mass is 10.1. The average molecular weight is 194 g/mol. The van der Waals surface area contributed by atoms with E-state index in [-0.39, 0.29) is 12.3 Å². The molecule has 1 aliphatic carbocycles. The molecule has 3 nitrogen and oxygen atoms in total. The maximum absolute atomic E-state index is 11.5. The van der Waals surface area contributed by atoms with Crippen LogP contribution in [0, 0.1) is 17.2 Å². The summed E-state index contributed by atoms with van der Waals surface area (Å²) in [6, 6.07) is 2.37. The van der Waals surface area contributed by atoms with Crippen LogP contribution in [0.3, 0.4) is 0 Å². The Morgan fingerprint density at radius 3 is 2.64 bits per heavy atom. The number of nitriles is 1. The maximum atomic E-state index is 11.5. The highest BCUT2D eigenvalue weighted by atomic mass is 16.2. The number of hydrogen-bond donors (Lipinski definition) is 0. The highest BCUT2D eigenvalue weighted by Crippen LogP contribution is 2.27. The Kier molecular flexibility index (Phi) is 3.94. The second-order valence-electron chi connectivity index (χ2n) is 4.34. The van der Waals surface area contributed by atoms with Crippen LogP contribution in [0.2, 0.25) is 0 Å². The van der Waals surface area contributed by atoms with Crippen molar-refractivity contribution < 1.29 is 4.79 Å². The van der Waals surface area contributed by atoms with E-state index in [9.17, 15) is 4.79 Å². The minimum atomic E-state index is 0.00986. The van der Waals surface area contributed by atoms with E-state index in [0.29, 0.717) is 12.0 Å². The molecule has 3 heteroatoms. The zero-order valence-corrected chi connectivity index (χ0v) is 8.99. The van der Waals surface area contributed by atoms with Gasteiger partial charge in [0.1, 0.15) is 6.42 Å². The first-order valence-corrected chi connectivity index (χ1v) is 5.31. The molecule has 1 amide bonds. The van der Waals surface area contributed by atoms with Crippen LogP contribution in [0.5, 0.6) is 0 Å². The van der Waals surface area contributed by atoms with Crippen LogP contribution in [-0.4, -0.2) is 23.4 Å². The van der Waals surface area contributed by atoms with E-state index in [4.69, 9.17) is 5.26 Å². The molecule has 0 aliphatic heterocycles. The molecule has 0 aromatic carbocycles. The van der Waals surface area contributed by atoms with Crippen LogP contribution in [0.4, 0.5) is 0 Å². The van der Waals surface area contributed by atoms with E-state index in [0.717, 1.165) is 25.8 Å². The van der Waals surface area contributed by atoms with Crippen molar-refractivity contribution in [1.82, 2.24) is 4.90 Å². The average Bonchev–Trinajstić information content (AvgIpc) is 2.88. The van der Waals surface area contributed by atoms with E-state index in [1.54, 1.807) is 0 Å². The number of hydrogen-bond acceptors (Lipinski definition) is 2. The van der Waals surface area contributed by atoms with Crippen molar-refractivity contribution >= 4 is 5.91 Å². The van der Waals surface area contributed by atoms with Gasteiger partial charge in [-0.3, -0.25) is 4.79 Å². The van der Waals surface area contributed by atoms with Crippen molar-refractivity contribution in [3.8, 4) is 6.07 Å². The van der Waals surface area contributed by atoms with Gasteiger partial charge in [-0.1, -0.05) is 13.8 Å². The fraction of sp³-hybridized carbons (Fsp3) is 0.818. The molecule has 0 unspecified atom stereocenters. The topological polar surface area (TPSA) is 44.1 Å². The fourth-order valence-electron chi connectivity index (χ4n) is 1.46. The quantitative estimate of drug-likeness (QED) is 0.671. The van der Waals surface area contributed by atoms with Gasteiger partial charge in [0.05, 0.1) is 6.07 Å². The van der Waals surface area contributed by atoms with Crippen LogP contribution in [-0.2, 0) is 4.79 Å². The van der Waals surface area contributed by atoms with Crippen LogP contribution in [0.1, 0.15) is 39.5 Å². The lowest BCUT2D eigenvalue weighted by molar-refractivity contribution is -0.130. The van der Waals surface area contributed by atoms with Crippen LogP contribution >= 0.6 is 0 Å². The van der Waals surface area contributed by atoms with Gasteiger partial charge in [-0.15, -0.1) is 0 Å². The zero-order chi connectivity index (χ0) is 10.6. The molecule has 1 rings (SSSR count). The molecule has 0 atom stereocenters. The summed E-state index contributed by atoms with van der Waals surface area (Å²) in [5.74, 6) is 0.627. The molecule has 0 heterocycles. The second kappa shape index (κ2) is 4.99. The summed E-state index contributed by atoms with van der Waals surface area (Å²) >= 11 is 0. The molecular formula is C11H18N2O. The molecule has 0 aromatic rings. The molecule has 0 saturated heterocycles. The first kappa shape index (κ1) is 11.0. The number of amides is 1. The SMILES string of the molecule is CC(C)CCN(C(=O)CC#N)C1CC1. The molecule has 1 fully saturated rings. The van der Waals surface area contributed by atoms with E-state index >= 15 is 0 Å². The molecule has 1 saturated carbocycles. The predicted octanol–water partition coefficient (Wildman–Crippen LogP) is 1.94. The zero-order valence-electron chi connectivity index (χ0n) is 8.99. The smallest absolute Gasteiger partial charge is 0.237 e. The highest BCUT2D eigenvalue weighted by molar-refractivity contribution is 5.78. The standard InChI is InChI=1S/C11H18N2O/c1-9(2)6-8-13(10-3-4-10)11(14)5-7-12/h9-10H,3-6,8H2,1-2H3. The lowest BCUT2D eigenvalue weighted by Gasteiger charge is -2.22. The van der Waals surface area contributed by atoms with Crippen molar-refractivity contribution in [1.29, 1.82) is 5.26 Å². The monoisotopic (exact) mass is 194 g/mol. The van der Waals surface area contributed by atoms with Gasteiger partial charge < -0.3 is 4.90 Å². The first-order chi connectivity index (χ1) is 6.65. The van der Waals surface area contributed by atoms with Crippen molar-refractivity contribution in [2.75, 3.05) is 6.54 Å². The molecule has 14 heavy (non-hydrogen) atoms. The van der Waals surface area contributed by atoms with Crippen LogP contribution in [0.25, 0.3) is 0 Å². The molecule has 0 radical (unpaired) electrons. The lowest BCUT2D eigenvalue weighted by Crippen LogP contribution is -2.34. The minimum absolute atomic E-state index is 0.00986. The van der Waals surface area contributed by atoms with Crippen LogP contribution in [0.15, 0.2) is 0 Å². The molecule has 1 aliphatic rings. The van der Waals surface area contributed by atoms with Crippen molar-refractivity contribution in [2.24, 2.45) is 5.92 Å². The maximum Gasteiger partial charge on any atom is 0.237 e. The predicted molar refractivity (Wildman–Crippen MR) is 54.4 cm³/mol. The van der Waals surface area contributed by atoms with Gasteiger partial charge in [0.25, 0.3) is 0 Å². The molecular weight excluding hydrogens is 176 g/mol. The molecule has 78 valence electrons. The largest absolute Gasteiger partial charge is 0.339 e. The summed E-state index contributed by atoms with van der Waals surface area (Å²) in [7, 11) is 0. The number of carbonyl (C=O) groups is 1. The summed E-state index contributed by atoms with van der Waals surface area (Å²) in [5.41, 5.74) is 0. The fourth-order valence-corrected chi connectivity index (χ4v) is 1.46. The number of carbonyl (C=O) groups excluding carboxylic acids is 1. The van der Waals surface area contributed by atoms with Crippen molar-refractivity contribution in [3.63, 3.8) is 0 Å². The van der Waals surface area contributed by atoms with E-state index < -0.39 is 0 Å². The van der Waals surface area contributed by atoms with Gasteiger partial charge >= 0.3 is 0 Å². The third-order valence-electron chi connectivity index (χ3n) is 2.49. The Morgan fingerprint density at radius 1 is 1.57 bits per heavy atom. The van der Waals surface area contributed by atoms with Crippen molar-refractivity contribution in [3.05, 3.63) is 0 Å². The van der Waals surface area contributed by atoms with Crippen LogP contribution < -0.4 is 0 Å². The molecule has 0 N–H and O–H groups in total. The normalized spacial score (nSPS) is 15.3. The van der Waals surface area contributed by atoms with Gasteiger partial charge in [-0.25, -0.2) is 0 Å². The summed E-state index contributed by atoms with van der Waals surface area (Å²) in [6.07, 6.45) is 3.31. The van der Waals surface area contributed by atoms with Gasteiger partial charge in [0, 0.05) is 12.6 Å². The molecule has 0 bridgehead atoms. The molecule has 0 spiro atoms. The highest BCUT2D eigenvalue weighted by Gasteiger charge is 2.31. The Balaban J connectivity index is 2.39. The Morgan fingerprint density at radius 2 is 2.21 bits per heavy atom. The van der Waals surface area contributed by atoms with Gasteiger partial charge in [-0.05, 0) is 25.2 Å². The van der Waals surface area contributed by atoms with Crippen molar-refractivity contribution in [2.45, 2.75) is 45.6 Å². The third-order valence-corrected chi connectivity index (χ3v) is 2.49. The van der Waals surface area contributed by atoms with Gasteiger partial charge in [-0.2, -0.15) is 5.26 Å².